The van der Waals surface area contributed by atoms with Crippen LogP contribution in [0, 0.1) is 5.95 Å². The third kappa shape index (κ3) is 2.38. The molecule has 0 radical (unpaired) electrons. The van der Waals surface area contributed by atoms with Gasteiger partial charge in [-0.25, -0.2) is 5.10 Å². The average Bonchev–Trinajstić information content (AvgIpc) is 2.93. The number of methoxy groups -OCH3 is 1. The minimum Gasteiger partial charge on any atom is -0.493 e. The number of aromatic amines is 1. The van der Waals surface area contributed by atoms with Crippen LogP contribution in [-0.4, -0.2) is 45.8 Å². The molecule has 1 amide bonds. The number of aromatic nitrogens is 3. The Hall–Kier alpha value is -2.38. The maximum atomic E-state index is 14.1. The summed E-state index contributed by atoms with van der Waals surface area (Å²) in [5, 5.41) is 5.46. The number of nitrogens with one attached hydrogen (secondary N) is 1. The molecule has 2 aromatic rings. The Kier molecular flexibility index (Phi) is 4.72. The van der Waals surface area contributed by atoms with Gasteiger partial charge in [-0.15, -0.1) is 5.10 Å². The van der Waals surface area contributed by atoms with Gasteiger partial charge in [-0.2, -0.15) is 4.39 Å². The lowest BCUT2D eigenvalue weighted by Gasteiger charge is -2.32. The molecule has 0 saturated heterocycles. The van der Waals surface area contributed by atoms with E-state index in [1.165, 1.54) is 11.7 Å². The summed E-state index contributed by atoms with van der Waals surface area (Å²) in [5.41, 5.74) is -0.360. The number of amides is 1. The summed E-state index contributed by atoms with van der Waals surface area (Å²) < 4.78 is 20.8. The number of carbonyl (C=O) groups excluding carboxylic acids is 1. The molecule has 3 heterocycles. The number of nitrogens with zero attached hydrogens (tertiary/aromatic N) is 3. The van der Waals surface area contributed by atoms with Crippen LogP contribution in [0.25, 0.3) is 10.9 Å². The van der Waals surface area contributed by atoms with Gasteiger partial charge in [-0.3, -0.25) is 9.59 Å². The van der Waals surface area contributed by atoms with Gasteiger partial charge >= 0.3 is 0 Å². The van der Waals surface area contributed by atoms with Crippen molar-refractivity contribution in [3.8, 4) is 5.75 Å². The lowest BCUT2D eigenvalue weighted by atomic mass is 10.2. The number of H-pyrrole nitrogens is 1. The van der Waals surface area contributed by atoms with Crippen molar-refractivity contribution in [2.75, 3.05) is 20.2 Å². The lowest BCUT2D eigenvalue weighted by Crippen LogP contribution is -2.42. The van der Waals surface area contributed by atoms with Crippen molar-refractivity contribution in [3.63, 3.8) is 0 Å². The quantitative estimate of drug-likeness (QED) is 0.915. The molecule has 0 spiro atoms. The Morgan fingerprint density at radius 1 is 1.39 bits per heavy atom. The summed E-state index contributed by atoms with van der Waals surface area (Å²) in [6.45, 7) is 8.70. The predicted molar refractivity (Wildman–Crippen MR) is 84.5 cm³/mol. The van der Waals surface area contributed by atoms with E-state index in [4.69, 9.17) is 4.74 Å². The Morgan fingerprint density at radius 3 is 2.61 bits per heavy atom. The van der Waals surface area contributed by atoms with E-state index in [-0.39, 0.29) is 34.3 Å². The fourth-order valence-corrected chi connectivity index (χ4v) is 2.94. The maximum Gasteiger partial charge on any atom is 0.277 e. The van der Waals surface area contributed by atoms with E-state index in [2.05, 4.69) is 10.2 Å². The zero-order valence-electron chi connectivity index (χ0n) is 13.9. The molecule has 1 atom stereocenters. The number of ether oxygens (including phenoxy) is 1. The van der Waals surface area contributed by atoms with Crippen LogP contribution in [0.5, 0.6) is 5.75 Å². The van der Waals surface area contributed by atoms with Crippen LogP contribution in [0.3, 0.4) is 0 Å². The minimum atomic E-state index is -0.821. The zero-order valence-corrected chi connectivity index (χ0v) is 13.9. The largest absolute Gasteiger partial charge is 0.493 e. The average molecular weight is 324 g/mol. The van der Waals surface area contributed by atoms with E-state index in [0.717, 1.165) is 0 Å². The van der Waals surface area contributed by atoms with Crippen molar-refractivity contribution < 1.29 is 13.9 Å². The molecule has 3 rings (SSSR count). The molecule has 0 bridgehead atoms. The van der Waals surface area contributed by atoms with Crippen molar-refractivity contribution in [1.29, 1.82) is 0 Å². The van der Waals surface area contributed by atoms with Gasteiger partial charge in [0, 0.05) is 19.1 Å². The molecule has 0 saturated carbocycles. The van der Waals surface area contributed by atoms with Gasteiger partial charge in [0.15, 0.2) is 11.4 Å². The second-order valence-electron chi connectivity index (χ2n) is 5.01. The molecule has 126 valence electrons. The molecule has 1 unspecified atom stereocenters. The standard InChI is InChI=1S/C13H15FN4O3.C2H6/c1-4-17-5-6(2)18-8-7(12(19)16-15-11(8)14)10(21-3)9(18)13(17)20;1-2/h6H,4-5H2,1-3H3,(H,16,19);1-2H3. The molecule has 8 heteroatoms. The van der Waals surface area contributed by atoms with E-state index in [9.17, 15) is 14.0 Å². The maximum absolute atomic E-state index is 14.1. The van der Waals surface area contributed by atoms with Crippen LogP contribution in [0.4, 0.5) is 4.39 Å². The van der Waals surface area contributed by atoms with Crippen molar-refractivity contribution >= 4 is 16.8 Å². The summed E-state index contributed by atoms with van der Waals surface area (Å²) >= 11 is 0. The fraction of sp³-hybridized carbons (Fsp3) is 0.533. The van der Waals surface area contributed by atoms with Gasteiger partial charge in [0.2, 0.25) is 0 Å². The number of carbonyl (C=O) groups is 1. The molecule has 23 heavy (non-hydrogen) atoms. The first-order valence-corrected chi connectivity index (χ1v) is 7.66. The van der Waals surface area contributed by atoms with Crippen LogP contribution < -0.4 is 10.3 Å². The van der Waals surface area contributed by atoms with Gasteiger partial charge in [-0.1, -0.05) is 13.8 Å². The van der Waals surface area contributed by atoms with Crippen molar-refractivity contribution in [1.82, 2.24) is 19.7 Å². The van der Waals surface area contributed by atoms with Crippen LogP contribution in [0.2, 0.25) is 0 Å². The van der Waals surface area contributed by atoms with Gasteiger partial charge in [0.05, 0.1) is 7.11 Å². The smallest absolute Gasteiger partial charge is 0.277 e. The normalized spacial score (nSPS) is 16.9. The Labute approximate surface area is 133 Å². The Morgan fingerprint density at radius 2 is 2.04 bits per heavy atom. The Balaban J connectivity index is 0.000000924. The predicted octanol–water partition coefficient (Wildman–Crippen LogP) is 1.94. The van der Waals surface area contributed by atoms with E-state index in [1.807, 2.05) is 27.7 Å². The highest BCUT2D eigenvalue weighted by Crippen LogP contribution is 2.37. The van der Waals surface area contributed by atoms with Gasteiger partial charge in [-0.05, 0) is 13.8 Å². The fourth-order valence-electron chi connectivity index (χ4n) is 2.94. The number of hydrogen-bond donors (Lipinski definition) is 1. The summed E-state index contributed by atoms with van der Waals surface area (Å²) in [7, 11) is 1.36. The number of rotatable bonds is 2. The summed E-state index contributed by atoms with van der Waals surface area (Å²) in [4.78, 5) is 26.2. The van der Waals surface area contributed by atoms with Crippen LogP contribution in [0.1, 0.15) is 44.2 Å². The van der Waals surface area contributed by atoms with E-state index >= 15 is 0 Å². The van der Waals surface area contributed by atoms with Crippen molar-refractivity contribution in [2.45, 2.75) is 33.7 Å². The topological polar surface area (TPSA) is 80.2 Å². The second kappa shape index (κ2) is 6.39. The summed E-state index contributed by atoms with van der Waals surface area (Å²) in [5.74, 6) is -0.997. The van der Waals surface area contributed by atoms with Gasteiger partial charge < -0.3 is 14.2 Å². The highest BCUT2D eigenvalue weighted by Gasteiger charge is 2.36. The summed E-state index contributed by atoms with van der Waals surface area (Å²) in [6, 6.07) is -0.179. The monoisotopic (exact) mass is 324 g/mol. The number of halogens is 1. The molecule has 0 aliphatic carbocycles. The summed E-state index contributed by atoms with van der Waals surface area (Å²) in [6.07, 6.45) is 0. The Bertz CT molecular complexity index is 796. The molecule has 1 aliphatic heterocycles. The molecule has 0 fully saturated rings. The molecule has 2 aromatic heterocycles. The van der Waals surface area contributed by atoms with E-state index in [1.54, 1.807) is 4.90 Å². The minimum absolute atomic E-state index is 0.0159. The first-order chi connectivity index (χ1) is 11.0. The highest BCUT2D eigenvalue weighted by atomic mass is 19.1. The third-order valence-electron chi connectivity index (χ3n) is 3.84. The lowest BCUT2D eigenvalue weighted by molar-refractivity contribution is 0.0685. The molecular weight excluding hydrogens is 303 g/mol. The molecule has 7 nitrogen and oxygen atoms in total. The zero-order chi connectivity index (χ0) is 17.3. The third-order valence-corrected chi connectivity index (χ3v) is 3.84. The van der Waals surface area contributed by atoms with Crippen molar-refractivity contribution in [3.05, 3.63) is 22.0 Å². The first kappa shape index (κ1) is 17.0. The van der Waals surface area contributed by atoms with Gasteiger partial charge in [0.1, 0.15) is 10.9 Å². The SMILES string of the molecule is CC.CCN1CC(C)n2c(c(OC)c3c(=O)[nH]nc(F)c32)C1=O. The van der Waals surface area contributed by atoms with Crippen LogP contribution >= 0.6 is 0 Å². The molecule has 1 N–H and O–H groups in total. The highest BCUT2D eigenvalue weighted by molar-refractivity contribution is 6.04. The number of hydrogen-bond acceptors (Lipinski definition) is 4. The van der Waals surface area contributed by atoms with E-state index < -0.39 is 11.5 Å². The van der Waals surface area contributed by atoms with Gasteiger partial charge in [0.25, 0.3) is 17.4 Å². The number of fused-ring (bicyclic) bond motifs is 3. The molecule has 1 aliphatic rings. The molecule has 0 aromatic carbocycles. The first-order valence-electron chi connectivity index (χ1n) is 7.66. The molecular formula is C15H21FN4O3. The van der Waals surface area contributed by atoms with Crippen LogP contribution in [0.15, 0.2) is 4.79 Å². The van der Waals surface area contributed by atoms with E-state index in [0.29, 0.717) is 13.1 Å². The van der Waals surface area contributed by atoms with Crippen LogP contribution in [-0.2, 0) is 0 Å². The number of likely N-dealkylation sites (N-methyl/N-ethyl adjacent to an activating group) is 1. The second-order valence-corrected chi connectivity index (χ2v) is 5.01. The van der Waals surface area contributed by atoms with Crippen molar-refractivity contribution in [2.24, 2.45) is 0 Å².